The molecular weight excluding hydrogens is 168 g/mol. The van der Waals surface area contributed by atoms with Crippen molar-refractivity contribution in [2.24, 2.45) is 10.9 Å². The van der Waals surface area contributed by atoms with Gasteiger partial charge in [0.15, 0.2) is 11.9 Å². The molecule has 0 saturated heterocycles. The van der Waals surface area contributed by atoms with Crippen molar-refractivity contribution < 1.29 is 9.94 Å². The van der Waals surface area contributed by atoms with Crippen molar-refractivity contribution in [3.05, 3.63) is 30.3 Å². The molecule has 0 heterocycles. The average molecular weight is 180 g/mol. The molecule has 1 unspecified atom stereocenters. The van der Waals surface area contributed by atoms with Crippen LogP contribution in [0.2, 0.25) is 0 Å². The van der Waals surface area contributed by atoms with Gasteiger partial charge in [-0.25, -0.2) is 0 Å². The van der Waals surface area contributed by atoms with E-state index in [9.17, 15) is 0 Å². The molecule has 0 aliphatic rings. The zero-order chi connectivity index (χ0) is 9.68. The SMILES string of the molecule is CC(Oc1ccccc1)/C(N)=N/O. The Balaban J connectivity index is 2.60. The second kappa shape index (κ2) is 4.35. The number of benzene rings is 1. The van der Waals surface area contributed by atoms with Crippen LogP contribution in [0.4, 0.5) is 0 Å². The first-order chi connectivity index (χ1) is 6.24. The third kappa shape index (κ3) is 2.66. The van der Waals surface area contributed by atoms with Crippen LogP contribution in [0.3, 0.4) is 0 Å². The van der Waals surface area contributed by atoms with E-state index in [1.165, 1.54) is 0 Å². The number of rotatable bonds is 3. The zero-order valence-corrected chi connectivity index (χ0v) is 7.34. The number of amidine groups is 1. The number of nitrogens with two attached hydrogens (primary N) is 1. The Morgan fingerprint density at radius 1 is 1.46 bits per heavy atom. The second-order valence-corrected chi connectivity index (χ2v) is 2.60. The van der Waals surface area contributed by atoms with E-state index in [1.54, 1.807) is 19.1 Å². The molecule has 13 heavy (non-hydrogen) atoms. The van der Waals surface area contributed by atoms with E-state index < -0.39 is 6.10 Å². The van der Waals surface area contributed by atoms with Crippen LogP contribution in [0, 0.1) is 0 Å². The van der Waals surface area contributed by atoms with Gasteiger partial charge in [-0.1, -0.05) is 23.4 Å². The Hall–Kier alpha value is -1.71. The molecule has 0 radical (unpaired) electrons. The van der Waals surface area contributed by atoms with Crippen LogP contribution < -0.4 is 10.5 Å². The largest absolute Gasteiger partial charge is 0.483 e. The van der Waals surface area contributed by atoms with Gasteiger partial charge in [0.25, 0.3) is 0 Å². The lowest BCUT2D eigenvalue weighted by Gasteiger charge is -2.12. The number of nitrogens with zero attached hydrogens (tertiary/aromatic N) is 1. The van der Waals surface area contributed by atoms with Gasteiger partial charge in [0.05, 0.1) is 0 Å². The molecule has 0 bridgehead atoms. The van der Waals surface area contributed by atoms with E-state index in [0.717, 1.165) is 0 Å². The summed E-state index contributed by atoms with van der Waals surface area (Å²) in [5.41, 5.74) is 5.34. The maximum atomic E-state index is 8.37. The normalized spacial score (nSPS) is 13.8. The van der Waals surface area contributed by atoms with Crippen LogP contribution in [0.15, 0.2) is 35.5 Å². The van der Waals surface area contributed by atoms with Gasteiger partial charge in [0.2, 0.25) is 0 Å². The summed E-state index contributed by atoms with van der Waals surface area (Å²) in [6.07, 6.45) is -0.424. The minimum Gasteiger partial charge on any atom is -0.483 e. The first kappa shape index (κ1) is 9.38. The van der Waals surface area contributed by atoms with Gasteiger partial charge in [-0.05, 0) is 19.1 Å². The predicted octanol–water partition coefficient (Wildman–Crippen LogP) is 1.20. The topological polar surface area (TPSA) is 67.8 Å². The fourth-order valence-electron chi connectivity index (χ4n) is 0.845. The van der Waals surface area contributed by atoms with Crippen LogP contribution in [0.25, 0.3) is 0 Å². The first-order valence-corrected chi connectivity index (χ1v) is 3.93. The molecule has 4 nitrogen and oxygen atoms in total. The molecule has 0 aliphatic carbocycles. The summed E-state index contributed by atoms with van der Waals surface area (Å²) in [6, 6.07) is 9.21. The maximum absolute atomic E-state index is 8.37. The molecule has 4 heteroatoms. The fraction of sp³-hybridized carbons (Fsp3) is 0.222. The van der Waals surface area contributed by atoms with Gasteiger partial charge in [0, 0.05) is 0 Å². The van der Waals surface area contributed by atoms with E-state index in [0.29, 0.717) is 5.75 Å². The van der Waals surface area contributed by atoms with E-state index in [1.807, 2.05) is 18.2 Å². The van der Waals surface area contributed by atoms with Crippen LogP contribution in [0.5, 0.6) is 5.75 Å². The summed E-state index contributed by atoms with van der Waals surface area (Å²) in [5.74, 6) is 0.755. The van der Waals surface area contributed by atoms with Crippen molar-refractivity contribution in [3.8, 4) is 5.75 Å². The number of para-hydroxylation sites is 1. The molecule has 0 aromatic heterocycles. The Morgan fingerprint density at radius 2 is 2.08 bits per heavy atom. The van der Waals surface area contributed by atoms with Gasteiger partial charge in [-0.3, -0.25) is 0 Å². The lowest BCUT2D eigenvalue weighted by atomic mass is 10.3. The van der Waals surface area contributed by atoms with E-state index in [2.05, 4.69) is 5.16 Å². The minimum atomic E-state index is -0.424. The van der Waals surface area contributed by atoms with E-state index in [-0.39, 0.29) is 5.84 Å². The number of hydrogen-bond acceptors (Lipinski definition) is 3. The van der Waals surface area contributed by atoms with Crippen LogP contribution in [-0.4, -0.2) is 17.1 Å². The number of oxime groups is 1. The van der Waals surface area contributed by atoms with Gasteiger partial charge in [0.1, 0.15) is 5.75 Å². The van der Waals surface area contributed by atoms with E-state index in [4.69, 9.17) is 15.7 Å². The molecule has 1 aromatic rings. The summed E-state index contributed by atoms with van der Waals surface area (Å²) >= 11 is 0. The van der Waals surface area contributed by atoms with Gasteiger partial charge in [-0.15, -0.1) is 0 Å². The molecule has 0 spiro atoms. The monoisotopic (exact) mass is 180 g/mol. The number of hydrogen-bond donors (Lipinski definition) is 2. The summed E-state index contributed by atoms with van der Waals surface area (Å²) < 4.78 is 5.35. The summed E-state index contributed by atoms with van der Waals surface area (Å²) in [7, 11) is 0. The summed E-state index contributed by atoms with van der Waals surface area (Å²) in [5, 5.41) is 11.2. The zero-order valence-electron chi connectivity index (χ0n) is 7.34. The van der Waals surface area contributed by atoms with Crippen molar-refractivity contribution in [1.82, 2.24) is 0 Å². The third-order valence-electron chi connectivity index (χ3n) is 1.59. The standard InChI is InChI=1S/C9H12N2O2/c1-7(9(10)11-12)13-8-5-3-2-4-6-8/h2-7,12H,1H3,(H2,10,11). The maximum Gasteiger partial charge on any atom is 0.180 e. The Kier molecular flexibility index (Phi) is 3.14. The lowest BCUT2D eigenvalue weighted by molar-refractivity contribution is 0.265. The molecule has 3 N–H and O–H groups in total. The average Bonchev–Trinajstić information content (AvgIpc) is 2.18. The van der Waals surface area contributed by atoms with Gasteiger partial charge >= 0.3 is 0 Å². The molecule has 0 amide bonds. The summed E-state index contributed by atoms with van der Waals surface area (Å²) in [6.45, 7) is 1.71. The van der Waals surface area contributed by atoms with Crippen LogP contribution in [-0.2, 0) is 0 Å². The molecule has 1 aromatic carbocycles. The van der Waals surface area contributed by atoms with Crippen molar-refractivity contribution in [3.63, 3.8) is 0 Å². The second-order valence-electron chi connectivity index (χ2n) is 2.60. The third-order valence-corrected chi connectivity index (χ3v) is 1.59. The van der Waals surface area contributed by atoms with Gasteiger partial charge < -0.3 is 15.7 Å². The highest BCUT2D eigenvalue weighted by Crippen LogP contribution is 2.10. The quantitative estimate of drug-likeness (QED) is 0.318. The smallest absolute Gasteiger partial charge is 0.180 e. The van der Waals surface area contributed by atoms with Crippen molar-refractivity contribution >= 4 is 5.84 Å². The Labute approximate surface area is 76.6 Å². The predicted molar refractivity (Wildman–Crippen MR) is 49.9 cm³/mol. The van der Waals surface area contributed by atoms with Crippen LogP contribution >= 0.6 is 0 Å². The highest BCUT2D eigenvalue weighted by Gasteiger charge is 2.08. The molecule has 1 atom stereocenters. The van der Waals surface area contributed by atoms with Crippen molar-refractivity contribution in [2.45, 2.75) is 13.0 Å². The van der Waals surface area contributed by atoms with Gasteiger partial charge in [-0.2, -0.15) is 0 Å². The summed E-state index contributed by atoms with van der Waals surface area (Å²) in [4.78, 5) is 0. The highest BCUT2D eigenvalue weighted by atomic mass is 16.5. The minimum absolute atomic E-state index is 0.0591. The molecule has 70 valence electrons. The highest BCUT2D eigenvalue weighted by molar-refractivity contribution is 5.84. The lowest BCUT2D eigenvalue weighted by Crippen LogP contribution is -2.31. The molecule has 0 fully saturated rings. The fourth-order valence-corrected chi connectivity index (χ4v) is 0.845. The molecular formula is C9H12N2O2. The van der Waals surface area contributed by atoms with Crippen LogP contribution in [0.1, 0.15) is 6.92 Å². The molecule has 1 rings (SSSR count). The van der Waals surface area contributed by atoms with E-state index >= 15 is 0 Å². The first-order valence-electron chi connectivity index (χ1n) is 3.93. The Bertz CT molecular complexity index is 285. The Morgan fingerprint density at radius 3 is 2.62 bits per heavy atom. The molecule has 0 saturated carbocycles. The van der Waals surface area contributed by atoms with Crippen molar-refractivity contribution in [1.29, 1.82) is 0 Å². The van der Waals surface area contributed by atoms with Crippen molar-refractivity contribution in [2.75, 3.05) is 0 Å². The molecule has 0 aliphatic heterocycles. The number of ether oxygens (including phenoxy) is 1.